The van der Waals surface area contributed by atoms with Crippen molar-refractivity contribution in [3.05, 3.63) is 62.9 Å². The zero-order valence-electron chi connectivity index (χ0n) is 20.1. The number of non-ortho nitro benzene ring substituents is 1. The topological polar surface area (TPSA) is 124 Å². The Kier molecular flexibility index (Phi) is 7.98. The highest BCUT2D eigenvalue weighted by atomic mass is 32.2. The van der Waals surface area contributed by atoms with Gasteiger partial charge in [-0.2, -0.15) is 9.30 Å². The maximum atomic E-state index is 13.0. The van der Waals surface area contributed by atoms with E-state index in [-0.39, 0.29) is 16.1 Å². The Balaban J connectivity index is 1.65. The van der Waals surface area contributed by atoms with Gasteiger partial charge in [-0.3, -0.25) is 14.9 Å². The second-order valence-electron chi connectivity index (χ2n) is 8.69. The standard InChI is InChI=1S/C24H28N4O6S2/c1-3-34-14-13-27-21-15-19(28(30)31)8-11-22(21)35-24(27)25-23(29)18-6-9-20(10-7-18)36(32,33)26-12-4-5-17(2)16-26/h6-11,15,17H,3-5,12-14,16H2,1-2H3. The number of sulfonamides is 1. The molecule has 4 rings (SSSR count). The average molecular weight is 533 g/mol. The van der Waals surface area contributed by atoms with E-state index >= 15 is 0 Å². The molecule has 10 nitrogen and oxygen atoms in total. The first-order chi connectivity index (χ1) is 17.2. The second-order valence-corrected chi connectivity index (χ2v) is 11.6. The van der Waals surface area contributed by atoms with Gasteiger partial charge in [0.05, 0.1) is 26.6 Å². The minimum Gasteiger partial charge on any atom is -0.380 e. The van der Waals surface area contributed by atoms with Crippen molar-refractivity contribution in [2.24, 2.45) is 10.9 Å². The van der Waals surface area contributed by atoms with E-state index < -0.39 is 20.9 Å². The predicted octanol–water partition coefficient (Wildman–Crippen LogP) is 3.81. The van der Waals surface area contributed by atoms with Crippen LogP contribution in [0.5, 0.6) is 0 Å². The molecule has 1 aromatic heterocycles. The summed E-state index contributed by atoms with van der Waals surface area (Å²) in [5, 5.41) is 11.3. The van der Waals surface area contributed by atoms with E-state index in [1.54, 1.807) is 10.6 Å². The quantitative estimate of drug-likeness (QED) is 0.247. The van der Waals surface area contributed by atoms with Gasteiger partial charge in [-0.15, -0.1) is 0 Å². The number of nitrogens with zero attached hydrogens (tertiary/aromatic N) is 4. The zero-order chi connectivity index (χ0) is 25.9. The van der Waals surface area contributed by atoms with Crippen molar-refractivity contribution >= 4 is 43.2 Å². The molecule has 0 saturated carbocycles. The Labute approximate surface area is 213 Å². The zero-order valence-corrected chi connectivity index (χ0v) is 21.8. The number of rotatable bonds is 8. The summed E-state index contributed by atoms with van der Waals surface area (Å²) in [6.07, 6.45) is 1.84. The fraction of sp³-hybridized carbons (Fsp3) is 0.417. The van der Waals surface area contributed by atoms with Gasteiger partial charge >= 0.3 is 0 Å². The van der Waals surface area contributed by atoms with Crippen LogP contribution in [-0.4, -0.2) is 54.4 Å². The third-order valence-corrected chi connectivity index (χ3v) is 9.03. The van der Waals surface area contributed by atoms with Gasteiger partial charge in [-0.1, -0.05) is 18.3 Å². The lowest BCUT2D eigenvalue weighted by atomic mass is 10.0. The first-order valence-corrected chi connectivity index (χ1v) is 14.0. The van der Waals surface area contributed by atoms with Crippen LogP contribution in [0.4, 0.5) is 5.69 Å². The lowest BCUT2D eigenvalue weighted by Gasteiger charge is -2.30. The summed E-state index contributed by atoms with van der Waals surface area (Å²) in [6, 6.07) is 10.3. The van der Waals surface area contributed by atoms with Gasteiger partial charge in [0.25, 0.3) is 11.6 Å². The molecule has 36 heavy (non-hydrogen) atoms. The summed E-state index contributed by atoms with van der Waals surface area (Å²) in [6.45, 7) is 6.13. The van der Waals surface area contributed by atoms with E-state index in [9.17, 15) is 23.3 Å². The van der Waals surface area contributed by atoms with Gasteiger partial charge < -0.3 is 9.30 Å². The largest absolute Gasteiger partial charge is 0.380 e. The number of amides is 1. The highest BCUT2D eigenvalue weighted by molar-refractivity contribution is 7.89. The van der Waals surface area contributed by atoms with Gasteiger partial charge in [0.2, 0.25) is 10.0 Å². The molecular formula is C24H28N4O6S2. The van der Waals surface area contributed by atoms with Gasteiger partial charge in [0, 0.05) is 43.9 Å². The average Bonchev–Trinajstić information content (AvgIpc) is 3.20. The predicted molar refractivity (Wildman–Crippen MR) is 136 cm³/mol. The second kappa shape index (κ2) is 11.0. The Morgan fingerprint density at radius 1 is 1.25 bits per heavy atom. The third-order valence-electron chi connectivity index (χ3n) is 6.10. The summed E-state index contributed by atoms with van der Waals surface area (Å²) in [5.41, 5.74) is 0.793. The van der Waals surface area contributed by atoms with E-state index in [4.69, 9.17) is 4.74 Å². The fourth-order valence-corrected chi connectivity index (χ4v) is 6.84. The van der Waals surface area contributed by atoms with Crippen molar-refractivity contribution in [2.45, 2.75) is 38.1 Å². The van der Waals surface area contributed by atoms with E-state index in [2.05, 4.69) is 4.99 Å². The van der Waals surface area contributed by atoms with E-state index in [0.717, 1.165) is 17.5 Å². The normalized spacial score (nSPS) is 17.5. The van der Waals surface area contributed by atoms with Crippen LogP contribution in [0.25, 0.3) is 10.2 Å². The van der Waals surface area contributed by atoms with Gasteiger partial charge in [0.15, 0.2) is 4.80 Å². The smallest absolute Gasteiger partial charge is 0.279 e. The highest BCUT2D eigenvalue weighted by Gasteiger charge is 2.28. The maximum Gasteiger partial charge on any atom is 0.279 e. The molecule has 0 spiro atoms. The lowest BCUT2D eigenvalue weighted by Crippen LogP contribution is -2.39. The molecule has 3 aromatic rings. The Hall–Kier alpha value is -2.93. The van der Waals surface area contributed by atoms with Crippen LogP contribution in [0.15, 0.2) is 52.4 Å². The summed E-state index contributed by atoms with van der Waals surface area (Å²) < 4.78 is 35.4. The SMILES string of the molecule is CCOCCn1c(=NC(=O)c2ccc(S(=O)(=O)N3CCCC(C)C3)cc2)sc2ccc([N+](=O)[O-])cc21. The molecule has 0 radical (unpaired) electrons. The minimum atomic E-state index is -3.62. The maximum absolute atomic E-state index is 13.0. The number of piperidine rings is 1. The first kappa shape index (κ1) is 26.1. The molecule has 1 unspecified atom stereocenters. The molecule has 1 aliphatic heterocycles. The van der Waals surface area contributed by atoms with Crippen molar-refractivity contribution in [3.8, 4) is 0 Å². The molecule has 0 aliphatic carbocycles. The van der Waals surface area contributed by atoms with Crippen molar-refractivity contribution in [3.63, 3.8) is 0 Å². The van der Waals surface area contributed by atoms with E-state index in [1.807, 2.05) is 13.8 Å². The number of aromatic nitrogens is 1. The summed E-state index contributed by atoms with van der Waals surface area (Å²) >= 11 is 1.25. The molecule has 1 amide bonds. The summed E-state index contributed by atoms with van der Waals surface area (Å²) in [5.74, 6) is -0.220. The number of carbonyl (C=O) groups is 1. The van der Waals surface area contributed by atoms with Crippen LogP contribution in [0, 0.1) is 16.0 Å². The molecule has 192 valence electrons. The van der Waals surface area contributed by atoms with Crippen LogP contribution < -0.4 is 4.80 Å². The number of hydrogen-bond acceptors (Lipinski definition) is 7. The van der Waals surface area contributed by atoms with Crippen LogP contribution in [-0.2, 0) is 21.3 Å². The number of ether oxygens (including phenoxy) is 1. The molecule has 1 fully saturated rings. The number of fused-ring (bicyclic) bond motifs is 1. The van der Waals surface area contributed by atoms with Crippen LogP contribution in [0.2, 0.25) is 0 Å². The summed E-state index contributed by atoms with van der Waals surface area (Å²) in [4.78, 5) is 28.6. The first-order valence-electron chi connectivity index (χ1n) is 11.8. The molecular weight excluding hydrogens is 504 g/mol. The van der Waals surface area contributed by atoms with Gasteiger partial charge in [-0.25, -0.2) is 8.42 Å². The molecule has 12 heteroatoms. The van der Waals surface area contributed by atoms with Crippen molar-refractivity contribution < 1.29 is 22.9 Å². The molecule has 2 heterocycles. The number of thiazole rings is 1. The Morgan fingerprint density at radius 2 is 2.00 bits per heavy atom. The molecule has 0 bridgehead atoms. The molecule has 1 aliphatic rings. The van der Waals surface area contributed by atoms with Crippen molar-refractivity contribution in [1.82, 2.24) is 8.87 Å². The molecule has 1 saturated heterocycles. The highest BCUT2D eigenvalue weighted by Crippen LogP contribution is 2.25. The van der Waals surface area contributed by atoms with Gasteiger partial charge in [-0.05, 0) is 56.0 Å². The monoisotopic (exact) mass is 532 g/mol. The minimum absolute atomic E-state index is 0.0526. The molecule has 0 N–H and O–H groups in total. The van der Waals surface area contributed by atoms with Crippen LogP contribution >= 0.6 is 11.3 Å². The Bertz CT molecular complexity index is 1440. The molecule has 2 aromatic carbocycles. The van der Waals surface area contributed by atoms with Gasteiger partial charge in [0.1, 0.15) is 0 Å². The van der Waals surface area contributed by atoms with Crippen LogP contribution in [0.1, 0.15) is 37.0 Å². The fourth-order valence-electron chi connectivity index (χ4n) is 4.21. The lowest BCUT2D eigenvalue weighted by molar-refractivity contribution is -0.384. The number of nitro benzene ring substituents is 1. The number of carbonyl (C=O) groups excluding carboxylic acids is 1. The van der Waals surface area contributed by atoms with E-state index in [0.29, 0.717) is 49.1 Å². The van der Waals surface area contributed by atoms with Crippen LogP contribution in [0.3, 0.4) is 0 Å². The number of nitro groups is 1. The van der Waals surface area contributed by atoms with E-state index in [1.165, 1.54) is 52.0 Å². The Morgan fingerprint density at radius 3 is 2.67 bits per heavy atom. The van der Waals surface area contributed by atoms with Crippen molar-refractivity contribution in [1.29, 1.82) is 0 Å². The molecule has 1 atom stereocenters. The number of benzene rings is 2. The third kappa shape index (κ3) is 5.56. The summed E-state index contributed by atoms with van der Waals surface area (Å²) in [7, 11) is -3.62. The number of hydrogen-bond donors (Lipinski definition) is 0. The van der Waals surface area contributed by atoms with Crippen molar-refractivity contribution in [2.75, 3.05) is 26.3 Å².